The van der Waals surface area contributed by atoms with E-state index in [2.05, 4.69) is 53.2 Å². The van der Waals surface area contributed by atoms with Gasteiger partial charge in [-0.25, -0.2) is 4.98 Å². The van der Waals surface area contributed by atoms with Crippen LogP contribution >= 0.6 is 0 Å². The summed E-state index contributed by atoms with van der Waals surface area (Å²) >= 11 is 0. The molecule has 4 rings (SSSR count). The predicted octanol–water partition coefficient (Wildman–Crippen LogP) is 2.15. The smallest absolute Gasteiger partial charge is 0.221 e. The normalized spacial score (nSPS) is 17.9. The molecule has 2 aromatic carbocycles. The third-order valence-electron chi connectivity index (χ3n) is 5.10. The molecule has 0 saturated heterocycles. The summed E-state index contributed by atoms with van der Waals surface area (Å²) in [6.45, 7) is 6.78. The first kappa shape index (κ1) is 15.8. The highest BCUT2D eigenvalue weighted by Crippen LogP contribution is 2.22. The largest absolute Gasteiger partial charge is 0.326 e. The minimum absolute atomic E-state index is 0.0596. The second kappa shape index (κ2) is 6.33. The second-order valence-electron chi connectivity index (χ2n) is 6.78. The summed E-state index contributed by atoms with van der Waals surface area (Å²) in [6.07, 6.45) is 0. The van der Waals surface area contributed by atoms with E-state index in [0.717, 1.165) is 42.2 Å². The van der Waals surface area contributed by atoms with Gasteiger partial charge in [-0.2, -0.15) is 0 Å². The van der Waals surface area contributed by atoms with Gasteiger partial charge in [0.1, 0.15) is 12.6 Å². The first-order valence-electron chi connectivity index (χ1n) is 8.78. The molecule has 2 atom stereocenters. The number of anilines is 1. The summed E-state index contributed by atoms with van der Waals surface area (Å²) in [5.41, 5.74) is 4.28. The van der Waals surface area contributed by atoms with Gasteiger partial charge in [0.2, 0.25) is 5.91 Å². The molecule has 5 heteroatoms. The van der Waals surface area contributed by atoms with Crippen LogP contribution in [0.5, 0.6) is 0 Å². The van der Waals surface area contributed by atoms with Crippen LogP contribution in [0.1, 0.15) is 31.3 Å². The average Bonchev–Trinajstić information content (AvgIpc) is 2.98. The molecule has 0 radical (unpaired) electrons. The molecule has 0 spiro atoms. The molecule has 3 aromatic rings. The predicted molar refractivity (Wildman–Crippen MR) is 98.4 cm³/mol. The molecule has 0 saturated carbocycles. The highest BCUT2D eigenvalue weighted by atomic mass is 16.1. The summed E-state index contributed by atoms with van der Waals surface area (Å²) in [7, 11) is 0. The molecule has 0 aliphatic carbocycles. The number of nitrogens with one attached hydrogen (secondary N) is 2. The van der Waals surface area contributed by atoms with Gasteiger partial charge in [-0.15, -0.1) is 0 Å². The monoisotopic (exact) mass is 335 g/mol. The summed E-state index contributed by atoms with van der Waals surface area (Å²) in [4.78, 5) is 17.6. The number of nitrogens with zero attached hydrogens (tertiary/aromatic N) is 2. The lowest BCUT2D eigenvalue weighted by Gasteiger charge is -2.30. The summed E-state index contributed by atoms with van der Waals surface area (Å²) < 4.78 is 2.31. The molecule has 1 amide bonds. The lowest BCUT2D eigenvalue weighted by Crippen LogP contribution is -3.12. The molecule has 128 valence electrons. The Morgan fingerprint density at radius 2 is 2.04 bits per heavy atom. The van der Waals surface area contributed by atoms with Gasteiger partial charge in [-0.1, -0.05) is 30.3 Å². The number of benzene rings is 2. The molecule has 1 aliphatic heterocycles. The summed E-state index contributed by atoms with van der Waals surface area (Å²) in [6, 6.07) is 17.1. The molecule has 5 nitrogen and oxygen atoms in total. The number of fused-ring (bicyclic) bond motifs is 3. The van der Waals surface area contributed by atoms with E-state index < -0.39 is 0 Å². The fourth-order valence-corrected chi connectivity index (χ4v) is 3.74. The van der Waals surface area contributed by atoms with Gasteiger partial charge in [0.15, 0.2) is 5.82 Å². The van der Waals surface area contributed by atoms with E-state index in [-0.39, 0.29) is 5.91 Å². The van der Waals surface area contributed by atoms with Crippen LogP contribution in [-0.4, -0.2) is 22.0 Å². The minimum atomic E-state index is -0.0596. The van der Waals surface area contributed by atoms with E-state index in [1.165, 1.54) is 17.4 Å². The third kappa shape index (κ3) is 3.03. The van der Waals surface area contributed by atoms with E-state index in [9.17, 15) is 4.79 Å². The first-order valence-corrected chi connectivity index (χ1v) is 8.78. The Morgan fingerprint density at radius 3 is 2.80 bits per heavy atom. The van der Waals surface area contributed by atoms with Crippen LogP contribution in [-0.2, 0) is 17.9 Å². The van der Waals surface area contributed by atoms with Crippen molar-refractivity contribution in [2.75, 3.05) is 11.9 Å². The number of aromatic nitrogens is 2. The Kier molecular flexibility index (Phi) is 4.01. The number of carbonyl (C=O) groups excluding carboxylic acids is 1. The van der Waals surface area contributed by atoms with Gasteiger partial charge in [-0.05, 0) is 25.1 Å². The van der Waals surface area contributed by atoms with Crippen LogP contribution < -0.4 is 10.2 Å². The highest BCUT2D eigenvalue weighted by molar-refractivity contribution is 5.91. The Morgan fingerprint density at radius 1 is 1.24 bits per heavy atom. The Bertz CT molecular complexity index is 916. The second-order valence-corrected chi connectivity index (χ2v) is 6.78. The van der Waals surface area contributed by atoms with Crippen molar-refractivity contribution in [3.8, 4) is 0 Å². The van der Waals surface area contributed by atoms with Gasteiger partial charge >= 0.3 is 0 Å². The number of carbonyl (C=O) groups is 1. The number of rotatable bonds is 3. The van der Waals surface area contributed by atoms with E-state index >= 15 is 0 Å². The molecule has 1 aliphatic rings. The molecule has 0 bridgehead atoms. The van der Waals surface area contributed by atoms with Crippen LogP contribution in [0.2, 0.25) is 0 Å². The lowest BCUT2D eigenvalue weighted by molar-refractivity contribution is -0.947. The molecule has 2 N–H and O–H groups in total. The van der Waals surface area contributed by atoms with Crippen molar-refractivity contribution < 1.29 is 9.69 Å². The zero-order valence-electron chi connectivity index (χ0n) is 14.6. The molecule has 0 fully saturated rings. The fraction of sp³-hybridized carbons (Fsp3) is 0.300. The summed E-state index contributed by atoms with van der Waals surface area (Å²) in [5.74, 6) is 1.06. The van der Waals surface area contributed by atoms with Gasteiger partial charge < -0.3 is 14.8 Å². The van der Waals surface area contributed by atoms with E-state index in [1.54, 1.807) is 0 Å². The maximum Gasteiger partial charge on any atom is 0.221 e. The van der Waals surface area contributed by atoms with Crippen molar-refractivity contribution >= 4 is 22.6 Å². The topological polar surface area (TPSA) is 51.4 Å². The van der Waals surface area contributed by atoms with Gasteiger partial charge in [-0.3, -0.25) is 4.79 Å². The van der Waals surface area contributed by atoms with Gasteiger partial charge in [0.05, 0.1) is 24.1 Å². The maximum absolute atomic E-state index is 11.3. The van der Waals surface area contributed by atoms with Gasteiger partial charge in [0, 0.05) is 18.2 Å². The molecule has 1 unspecified atom stereocenters. The molecule has 1 aromatic heterocycles. The van der Waals surface area contributed by atoms with E-state index in [1.807, 2.05) is 12.1 Å². The Balaban J connectivity index is 1.61. The lowest BCUT2D eigenvalue weighted by atomic mass is 10.1. The zero-order valence-corrected chi connectivity index (χ0v) is 14.6. The third-order valence-corrected chi connectivity index (χ3v) is 5.10. The van der Waals surface area contributed by atoms with Crippen LogP contribution in [0.15, 0.2) is 48.5 Å². The quantitative estimate of drug-likeness (QED) is 0.771. The first-order chi connectivity index (χ1) is 12.1. The number of quaternary nitrogens is 1. The van der Waals surface area contributed by atoms with Crippen LogP contribution in [0, 0.1) is 0 Å². The molecule has 25 heavy (non-hydrogen) atoms. The van der Waals surface area contributed by atoms with Crippen molar-refractivity contribution in [1.29, 1.82) is 0 Å². The van der Waals surface area contributed by atoms with E-state index in [4.69, 9.17) is 4.98 Å². The zero-order chi connectivity index (χ0) is 17.4. The number of hydrogen-bond donors (Lipinski definition) is 2. The standard InChI is InChI=1S/C20H22N4O/c1-14(16-6-4-3-5-7-16)23-10-11-24-19-9-8-17(21-15(2)25)12-18(19)22-20(24)13-23/h3-9,12,14H,10-11,13H2,1-2H3,(H,21,25)/p+1/t14-/m0/s1. The summed E-state index contributed by atoms with van der Waals surface area (Å²) in [5, 5.41) is 2.83. The van der Waals surface area contributed by atoms with Crippen LogP contribution in [0.3, 0.4) is 0 Å². The van der Waals surface area contributed by atoms with Crippen LogP contribution in [0.25, 0.3) is 11.0 Å². The highest BCUT2D eigenvalue weighted by Gasteiger charge is 2.27. The fourth-order valence-electron chi connectivity index (χ4n) is 3.74. The van der Waals surface area contributed by atoms with Gasteiger partial charge in [0.25, 0.3) is 0 Å². The minimum Gasteiger partial charge on any atom is -0.326 e. The molecule has 2 heterocycles. The van der Waals surface area contributed by atoms with Crippen molar-refractivity contribution in [2.24, 2.45) is 0 Å². The molecular weight excluding hydrogens is 312 g/mol. The number of hydrogen-bond acceptors (Lipinski definition) is 2. The average molecular weight is 335 g/mol. The molecular formula is C20H23N4O+. The van der Waals surface area contributed by atoms with Crippen molar-refractivity contribution in [3.05, 3.63) is 59.9 Å². The van der Waals surface area contributed by atoms with E-state index in [0.29, 0.717) is 6.04 Å². The van der Waals surface area contributed by atoms with Crippen molar-refractivity contribution in [2.45, 2.75) is 33.0 Å². The number of imidazole rings is 1. The maximum atomic E-state index is 11.3. The van der Waals surface area contributed by atoms with Crippen molar-refractivity contribution in [3.63, 3.8) is 0 Å². The SMILES string of the molecule is CC(=O)Nc1ccc2c(c1)nc1n2CC[NH+]([C@@H](C)c2ccccc2)C1. The van der Waals surface area contributed by atoms with Crippen molar-refractivity contribution in [1.82, 2.24) is 9.55 Å². The Labute approximate surface area is 147 Å². The number of amides is 1. The Hall–Kier alpha value is -2.66. The van der Waals surface area contributed by atoms with Crippen LogP contribution in [0.4, 0.5) is 5.69 Å².